The number of para-hydroxylation sites is 1. The molecule has 0 radical (unpaired) electrons. The van der Waals surface area contributed by atoms with Crippen LogP contribution < -0.4 is 10.1 Å². The summed E-state index contributed by atoms with van der Waals surface area (Å²) >= 11 is 0.962. The Labute approximate surface area is 147 Å². The fourth-order valence-corrected chi connectivity index (χ4v) is 3.64. The summed E-state index contributed by atoms with van der Waals surface area (Å²) in [6, 6.07) is 15.2. The van der Waals surface area contributed by atoms with Crippen LogP contribution in [-0.4, -0.2) is 22.4 Å². The van der Waals surface area contributed by atoms with Gasteiger partial charge in [-0.1, -0.05) is 35.6 Å². The van der Waals surface area contributed by atoms with Gasteiger partial charge >= 0.3 is 0 Å². The summed E-state index contributed by atoms with van der Waals surface area (Å²) in [7, 11) is 0. The molecule has 0 aliphatic rings. The SMILES string of the molecule is O=C(NCCc1ccccn1)c1cc2c([nH]c3ccccc32)c(=O)s1. The predicted octanol–water partition coefficient (Wildman–Crippen LogP) is 3.11. The van der Waals surface area contributed by atoms with E-state index >= 15 is 0 Å². The lowest BCUT2D eigenvalue weighted by Crippen LogP contribution is -2.25. The Bertz CT molecular complexity index is 1120. The first kappa shape index (κ1) is 15.5. The van der Waals surface area contributed by atoms with Gasteiger partial charge in [0, 0.05) is 41.1 Å². The van der Waals surface area contributed by atoms with Crippen molar-refractivity contribution in [2.24, 2.45) is 0 Å². The van der Waals surface area contributed by atoms with E-state index in [-0.39, 0.29) is 10.6 Å². The van der Waals surface area contributed by atoms with Crippen molar-refractivity contribution in [1.82, 2.24) is 15.3 Å². The van der Waals surface area contributed by atoms with Crippen LogP contribution in [0.4, 0.5) is 0 Å². The van der Waals surface area contributed by atoms with E-state index in [0.29, 0.717) is 23.4 Å². The number of carbonyl (C=O) groups excluding carboxylic acids is 1. The van der Waals surface area contributed by atoms with E-state index in [0.717, 1.165) is 33.3 Å². The third kappa shape index (κ3) is 3.04. The van der Waals surface area contributed by atoms with Crippen LogP contribution in [0.2, 0.25) is 0 Å². The van der Waals surface area contributed by atoms with Gasteiger partial charge in [0.15, 0.2) is 0 Å². The number of nitrogens with zero attached hydrogens (tertiary/aromatic N) is 1. The van der Waals surface area contributed by atoms with Crippen molar-refractivity contribution in [3.05, 3.63) is 74.8 Å². The molecule has 6 heteroatoms. The van der Waals surface area contributed by atoms with Crippen molar-refractivity contribution in [3.8, 4) is 0 Å². The molecule has 0 atom stereocenters. The molecule has 0 saturated carbocycles. The molecule has 4 aromatic rings. The van der Waals surface area contributed by atoms with Gasteiger partial charge < -0.3 is 10.3 Å². The van der Waals surface area contributed by atoms with Crippen molar-refractivity contribution in [2.75, 3.05) is 6.54 Å². The molecule has 0 saturated heterocycles. The zero-order valence-corrected chi connectivity index (χ0v) is 14.1. The van der Waals surface area contributed by atoms with Crippen LogP contribution in [0.15, 0.2) is 59.5 Å². The van der Waals surface area contributed by atoms with Gasteiger partial charge in [0.2, 0.25) is 0 Å². The topological polar surface area (TPSA) is 74.8 Å². The molecule has 3 aromatic heterocycles. The second kappa shape index (κ2) is 6.49. The average Bonchev–Trinajstić information content (AvgIpc) is 3.02. The summed E-state index contributed by atoms with van der Waals surface area (Å²) < 4.78 is -0.136. The summed E-state index contributed by atoms with van der Waals surface area (Å²) in [6.07, 6.45) is 2.38. The lowest BCUT2D eigenvalue weighted by Gasteiger charge is -2.04. The summed E-state index contributed by atoms with van der Waals surface area (Å²) in [5, 5.41) is 4.60. The molecule has 0 fully saturated rings. The minimum Gasteiger partial charge on any atom is -0.351 e. The number of pyridine rings is 1. The number of aromatic nitrogens is 2. The molecule has 4 rings (SSSR count). The number of nitrogens with one attached hydrogen (secondary N) is 2. The number of benzene rings is 1. The number of H-pyrrole nitrogens is 1. The molecule has 0 bridgehead atoms. The second-order valence-corrected chi connectivity index (χ2v) is 6.70. The highest BCUT2D eigenvalue weighted by Gasteiger charge is 2.13. The monoisotopic (exact) mass is 349 g/mol. The van der Waals surface area contributed by atoms with Crippen molar-refractivity contribution in [2.45, 2.75) is 6.42 Å². The van der Waals surface area contributed by atoms with Crippen LogP contribution in [0.3, 0.4) is 0 Å². The molecule has 0 aliphatic heterocycles. The first-order chi connectivity index (χ1) is 12.2. The minimum absolute atomic E-state index is 0.136. The molecule has 124 valence electrons. The van der Waals surface area contributed by atoms with Gasteiger partial charge in [-0.25, -0.2) is 0 Å². The van der Waals surface area contributed by atoms with Gasteiger partial charge in [-0.15, -0.1) is 0 Å². The lowest BCUT2D eigenvalue weighted by molar-refractivity contribution is 0.0958. The molecule has 1 amide bonds. The van der Waals surface area contributed by atoms with Crippen LogP contribution in [0.1, 0.15) is 15.4 Å². The van der Waals surface area contributed by atoms with Crippen LogP contribution >= 0.6 is 11.3 Å². The minimum atomic E-state index is -0.231. The summed E-state index contributed by atoms with van der Waals surface area (Å²) in [4.78, 5) is 32.6. The lowest BCUT2D eigenvalue weighted by atomic mass is 10.2. The van der Waals surface area contributed by atoms with Gasteiger partial charge in [-0.05, 0) is 24.3 Å². The summed E-state index contributed by atoms with van der Waals surface area (Å²) in [5.41, 5.74) is 2.37. The van der Waals surface area contributed by atoms with Gasteiger partial charge in [0.25, 0.3) is 10.6 Å². The fourth-order valence-electron chi connectivity index (χ4n) is 2.84. The molecule has 1 aromatic carbocycles. The number of hydrogen-bond acceptors (Lipinski definition) is 4. The van der Waals surface area contributed by atoms with Crippen LogP contribution in [0.25, 0.3) is 21.8 Å². The molecule has 25 heavy (non-hydrogen) atoms. The molecule has 0 unspecified atom stereocenters. The maximum atomic E-state index is 12.4. The number of fused-ring (bicyclic) bond motifs is 3. The van der Waals surface area contributed by atoms with E-state index in [2.05, 4.69) is 15.3 Å². The Kier molecular flexibility index (Phi) is 4.03. The van der Waals surface area contributed by atoms with E-state index in [4.69, 9.17) is 0 Å². The highest BCUT2D eigenvalue weighted by Crippen LogP contribution is 2.25. The Morgan fingerprint density at radius 3 is 2.80 bits per heavy atom. The van der Waals surface area contributed by atoms with E-state index < -0.39 is 0 Å². The quantitative estimate of drug-likeness (QED) is 0.594. The molecule has 0 aliphatic carbocycles. The standard InChI is InChI=1S/C19H15N3O2S/c23-18(21-10-8-12-5-3-4-9-20-12)16-11-14-13-6-1-2-7-15(13)22-17(14)19(24)25-16/h1-7,9,11,22H,8,10H2,(H,21,23). The maximum absolute atomic E-state index is 12.4. The van der Waals surface area contributed by atoms with Gasteiger partial charge in [0.05, 0.1) is 4.88 Å². The Morgan fingerprint density at radius 1 is 1.12 bits per heavy atom. The normalized spacial score (nSPS) is 11.0. The largest absolute Gasteiger partial charge is 0.351 e. The number of carbonyl (C=O) groups is 1. The summed E-state index contributed by atoms with van der Waals surface area (Å²) in [6.45, 7) is 0.475. The second-order valence-electron chi connectivity index (χ2n) is 5.68. The summed E-state index contributed by atoms with van der Waals surface area (Å²) in [5.74, 6) is -0.231. The van der Waals surface area contributed by atoms with Crippen LogP contribution in [0, 0.1) is 0 Å². The molecule has 3 heterocycles. The number of amides is 1. The van der Waals surface area contributed by atoms with E-state index in [1.165, 1.54) is 0 Å². The van der Waals surface area contributed by atoms with Crippen molar-refractivity contribution >= 4 is 39.0 Å². The Hall–Kier alpha value is -2.99. The molecular weight excluding hydrogens is 334 g/mol. The molecule has 0 spiro atoms. The maximum Gasteiger partial charge on any atom is 0.261 e. The average molecular weight is 349 g/mol. The van der Waals surface area contributed by atoms with Gasteiger partial charge in [0.1, 0.15) is 5.52 Å². The first-order valence-corrected chi connectivity index (χ1v) is 8.77. The highest BCUT2D eigenvalue weighted by molar-refractivity contribution is 7.12. The Balaban J connectivity index is 1.59. The zero-order chi connectivity index (χ0) is 17.2. The number of aromatic amines is 1. The highest BCUT2D eigenvalue weighted by atomic mass is 32.1. The molecule has 5 nitrogen and oxygen atoms in total. The van der Waals surface area contributed by atoms with E-state index in [9.17, 15) is 9.59 Å². The Morgan fingerprint density at radius 2 is 1.96 bits per heavy atom. The first-order valence-electron chi connectivity index (χ1n) is 7.95. The van der Waals surface area contributed by atoms with Crippen molar-refractivity contribution in [3.63, 3.8) is 0 Å². The number of hydrogen-bond donors (Lipinski definition) is 2. The smallest absolute Gasteiger partial charge is 0.261 e. The van der Waals surface area contributed by atoms with E-state index in [1.807, 2.05) is 42.5 Å². The van der Waals surface area contributed by atoms with E-state index in [1.54, 1.807) is 12.3 Å². The predicted molar refractivity (Wildman–Crippen MR) is 100 cm³/mol. The fraction of sp³-hybridized carbons (Fsp3) is 0.105. The zero-order valence-electron chi connectivity index (χ0n) is 13.3. The molecular formula is C19H15N3O2S. The number of rotatable bonds is 4. The third-order valence-corrected chi connectivity index (χ3v) is 4.96. The molecule has 2 N–H and O–H groups in total. The third-order valence-electron chi connectivity index (χ3n) is 4.05. The van der Waals surface area contributed by atoms with Crippen LogP contribution in [-0.2, 0) is 6.42 Å². The van der Waals surface area contributed by atoms with Gasteiger partial charge in [-0.2, -0.15) is 0 Å². The van der Waals surface area contributed by atoms with Crippen molar-refractivity contribution in [1.29, 1.82) is 0 Å². The van der Waals surface area contributed by atoms with Crippen molar-refractivity contribution < 1.29 is 4.79 Å². The van der Waals surface area contributed by atoms with Gasteiger partial charge in [-0.3, -0.25) is 14.6 Å². The van der Waals surface area contributed by atoms with Crippen LogP contribution in [0.5, 0.6) is 0 Å².